The van der Waals surface area contributed by atoms with Gasteiger partial charge < -0.3 is 0 Å². The second kappa shape index (κ2) is 5.18. The Morgan fingerprint density at radius 1 is 1.32 bits per heavy atom. The highest BCUT2D eigenvalue weighted by atomic mass is 79.9. The maximum absolute atomic E-state index is 13.0. The van der Waals surface area contributed by atoms with Crippen LogP contribution in [0.15, 0.2) is 40.2 Å². The third-order valence-corrected chi connectivity index (χ3v) is 4.13. The van der Waals surface area contributed by atoms with Crippen molar-refractivity contribution in [2.24, 2.45) is 0 Å². The number of rotatable bonds is 3. The van der Waals surface area contributed by atoms with Crippen LogP contribution in [0.5, 0.6) is 0 Å². The summed E-state index contributed by atoms with van der Waals surface area (Å²) in [7, 11) is 0. The maximum atomic E-state index is 13.0. The van der Waals surface area contributed by atoms with Crippen LogP contribution in [0.4, 0.5) is 4.39 Å². The SMILES string of the molecule is Fc1ccc(Cn2nnc(-c3cccs3)n2)c(Br)c1. The first-order valence-electron chi connectivity index (χ1n) is 5.48. The Morgan fingerprint density at radius 2 is 2.21 bits per heavy atom. The molecule has 0 aliphatic heterocycles. The minimum atomic E-state index is -0.276. The first kappa shape index (κ1) is 12.4. The van der Waals surface area contributed by atoms with Crippen LogP contribution >= 0.6 is 27.3 Å². The van der Waals surface area contributed by atoms with Gasteiger partial charge in [-0.2, -0.15) is 4.80 Å². The Hall–Kier alpha value is -1.60. The molecule has 0 atom stereocenters. The van der Waals surface area contributed by atoms with Crippen molar-refractivity contribution in [3.63, 3.8) is 0 Å². The number of nitrogens with zero attached hydrogens (tertiary/aromatic N) is 4. The molecule has 4 nitrogen and oxygen atoms in total. The van der Waals surface area contributed by atoms with Gasteiger partial charge in [0.05, 0.1) is 11.4 Å². The number of halogens is 2. The number of aromatic nitrogens is 4. The minimum Gasteiger partial charge on any atom is -0.207 e. The molecule has 3 rings (SSSR count). The van der Waals surface area contributed by atoms with Crippen LogP contribution in [0.1, 0.15) is 5.56 Å². The largest absolute Gasteiger partial charge is 0.214 e. The van der Waals surface area contributed by atoms with Gasteiger partial charge in [0.1, 0.15) is 5.82 Å². The fourth-order valence-electron chi connectivity index (χ4n) is 1.62. The Bertz CT molecular complexity index is 696. The predicted molar refractivity (Wildman–Crippen MR) is 74.3 cm³/mol. The topological polar surface area (TPSA) is 43.6 Å². The summed E-state index contributed by atoms with van der Waals surface area (Å²) < 4.78 is 13.7. The minimum absolute atomic E-state index is 0.276. The Kier molecular flexibility index (Phi) is 3.39. The van der Waals surface area contributed by atoms with Crippen LogP contribution in [0.2, 0.25) is 0 Å². The van der Waals surface area contributed by atoms with Crippen molar-refractivity contribution >= 4 is 27.3 Å². The van der Waals surface area contributed by atoms with Gasteiger partial charge in [-0.15, -0.1) is 21.5 Å². The second-order valence-electron chi connectivity index (χ2n) is 3.86. The molecule has 0 saturated carbocycles. The van der Waals surface area contributed by atoms with Crippen LogP contribution in [0, 0.1) is 5.82 Å². The second-order valence-corrected chi connectivity index (χ2v) is 5.66. The van der Waals surface area contributed by atoms with E-state index in [1.54, 1.807) is 17.4 Å². The van der Waals surface area contributed by atoms with E-state index < -0.39 is 0 Å². The van der Waals surface area contributed by atoms with E-state index in [4.69, 9.17) is 0 Å². The monoisotopic (exact) mass is 338 g/mol. The van der Waals surface area contributed by atoms with Crippen molar-refractivity contribution in [1.29, 1.82) is 0 Å². The third-order valence-electron chi connectivity index (χ3n) is 2.52. The Labute approximate surface area is 121 Å². The van der Waals surface area contributed by atoms with E-state index in [0.29, 0.717) is 16.8 Å². The first-order chi connectivity index (χ1) is 9.22. The lowest BCUT2D eigenvalue weighted by atomic mass is 10.2. The Morgan fingerprint density at radius 3 is 2.95 bits per heavy atom. The lowest BCUT2D eigenvalue weighted by Gasteiger charge is -2.02. The quantitative estimate of drug-likeness (QED) is 0.735. The summed E-state index contributed by atoms with van der Waals surface area (Å²) >= 11 is 4.89. The van der Waals surface area contributed by atoms with E-state index in [0.717, 1.165) is 10.4 Å². The van der Waals surface area contributed by atoms with Crippen LogP contribution in [0.25, 0.3) is 10.7 Å². The van der Waals surface area contributed by atoms with Crippen LogP contribution in [-0.2, 0) is 6.54 Å². The molecule has 0 unspecified atom stereocenters. The molecule has 2 heterocycles. The summed E-state index contributed by atoms with van der Waals surface area (Å²) in [4.78, 5) is 2.47. The molecule has 96 valence electrons. The van der Waals surface area contributed by atoms with E-state index in [2.05, 4.69) is 31.3 Å². The van der Waals surface area contributed by atoms with Crippen molar-refractivity contribution in [2.45, 2.75) is 6.54 Å². The highest BCUT2D eigenvalue weighted by Crippen LogP contribution is 2.21. The van der Waals surface area contributed by atoms with Crippen LogP contribution < -0.4 is 0 Å². The molecule has 0 amide bonds. The summed E-state index contributed by atoms with van der Waals surface area (Å²) in [6.45, 7) is 0.444. The number of thiophene rings is 1. The van der Waals surface area contributed by atoms with Gasteiger partial charge in [0.2, 0.25) is 5.82 Å². The molecule has 0 spiro atoms. The van der Waals surface area contributed by atoms with Crippen molar-refractivity contribution < 1.29 is 4.39 Å². The third kappa shape index (κ3) is 2.71. The number of tetrazole rings is 1. The van der Waals surface area contributed by atoms with Crippen molar-refractivity contribution in [2.75, 3.05) is 0 Å². The molecule has 2 aromatic heterocycles. The standard InChI is InChI=1S/C12H8BrFN4S/c13-10-6-9(14)4-3-8(10)7-18-16-12(15-17-18)11-2-1-5-19-11/h1-6H,7H2. The van der Waals surface area contributed by atoms with Gasteiger partial charge in [0.25, 0.3) is 0 Å². The summed E-state index contributed by atoms with van der Waals surface area (Å²) in [5.41, 5.74) is 0.900. The molecular formula is C12H8BrFN4S. The highest BCUT2D eigenvalue weighted by molar-refractivity contribution is 9.10. The van der Waals surface area contributed by atoms with Crippen LogP contribution in [-0.4, -0.2) is 20.2 Å². The molecule has 0 fully saturated rings. The summed E-state index contributed by atoms with van der Waals surface area (Å²) in [5.74, 6) is 0.328. The number of benzene rings is 1. The lowest BCUT2D eigenvalue weighted by molar-refractivity contribution is 0.569. The summed E-state index contributed by atoms with van der Waals surface area (Å²) in [5, 5.41) is 14.3. The van der Waals surface area contributed by atoms with Crippen molar-refractivity contribution in [1.82, 2.24) is 20.2 Å². The summed E-state index contributed by atoms with van der Waals surface area (Å²) in [6, 6.07) is 8.42. The normalized spacial score (nSPS) is 10.8. The fraction of sp³-hybridized carbons (Fsp3) is 0.0833. The highest BCUT2D eigenvalue weighted by Gasteiger charge is 2.08. The van der Waals surface area contributed by atoms with Gasteiger partial charge >= 0.3 is 0 Å². The molecule has 19 heavy (non-hydrogen) atoms. The summed E-state index contributed by atoms with van der Waals surface area (Å²) in [6.07, 6.45) is 0. The average molecular weight is 339 g/mol. The van der Waals surface area contributed by atoms with Crippen molar-refractivity contribution in [3.8, 4) is 10.7 Å². The molecule has 0 radical (unpaired) electrons. The smallest absolute Gasteiger partial charge is 0.207 e. The molecule has 0 aliphatic carbocycles. The van der Waals surface area contributed by atoms with E-state index in [1.165, 1.54) is 16.9 Å². The van der Waals surface area contributed by atoms with Gasteiger partial charge in [-0.1, -0.05) is 28.1 Å². The van der Waals surface area contributed by atoms with E-state index >= 15 is 0 Å². The fourth-order valence-corrected chi connectivity index (χ4v) is 2.74. The molecule has 0 bridgehead atoms. The average Bonchev–Trinajstić information content (AvgIpc) is 3.03. The van der Waals surface area contributed by atoms with E-state index in [9.17, 15) is 4.39 Å². The first-order valence-corrected chi connectivity index (χ1v) is 7.15. The molecule has 0 N–H and O–H groups in total. The molecule has 3 aromatic rings. The van der Waals surface area contributed by atoms with Gasteiger partial charge in [-0.25, -0.2) is 4.39 Å². The lowest BCUT2D eigenvalue weighted by Crippen LogP contribution is -2.04. The predicted octanol–water partition coefficient (Wildman–Crippen LogP) is 3.35. The Balaban J connectivity index is 1.84. The van der Waals surface area contributed by atoms with E-state index in [1.807, 2.05) is 17.5 Å². The van der Waals surface area contributed by atoms with Gasteiger partial charge in [0, 0.05) is 4.47 Å². The molecule has 0 aliphatic rings. The molecule has 0 saturated heterocycles. The maximum Gasteiger partial charge on any atom is 0.214 e. The zero-order valence-corrected chi connectivity index (χ0v) is 12.0. The van der Waals surface area contributed by atoms with Gasteiger partial charge in [-0.3, -0.25) is 0 Å². The molecule has 7 heteroatoms. The zero-order valence-electron chi connectivity index (χ0n) is 9.62. The van der Waals surface area contributed by atoms with Crippen molar-refractivity contribution in [3.05, 3.63) is 51.6 Å². The zero-order chi connectivity index (χ0) is 13.2. The van der Waals surface area contributed by atoms with Gasteiger partial charge in [0.15, 0.2) is 0 Å². The van der Waals surface area contributed by atoms with Crippen LogP contribution in [0.3, 0.4) is 0 Å². The number of hydrogen-bond acceptors (Lipinski definition) is 4. The van der Waals surface area contributed by atoms with E-state index in [-0.39, 0.29) is 5.82 Å². The number of hydrogen-bond donors (Lipinski definition) is 0. The van der Waals surface area contributed by atoms with Gasteiger partial charge in [-0.05, 0) is 34.4 Å². The molecule has 1 aromatic carbocycles. The molecular weight excluding hydrogens is 331 g/mol.